The SMILES string of the molecule is Nc1c(Br)cc(Br)c2c1CCC2. The fraction of sp³-hybridized carbons (Fsp3) is 0.333. The normalized spacial score (nSPS) is 14.8. The molecule has 1 aromatic rings. The third kappa shape index (κ3) is 1.19. The summed E-state index contributed by atoms with van der Waals surface area (Å²) < 4.78 is 2.20. The summed E-state index contributed by atoms with van der Waals surface area (Å²) in [5.41, 5.74) is 9.59. The van der Waals surface area contributed by atoms with Crippen molar-refractivity contribution < 1.29 is 0 Å². The van der Waals surface area contributed by atoms with Gasteiger partial charge in [0, 0.05) is 14.6 Å². The lowest BCUT2D eigenvalue weighted by Gasteiger charge is -2.07. The number of rotatable bonds is 0. The molecular weight excluding hydrogens is 282 g/mol. The summed E-state index contributed by atoms with van der Waals surface area (Å²) in [4.78, 5) is 0. The second kappa shape index (κ2) is 3.04. The highest BCUT2D eigenvalue weighted by molar-refractivity contribution is 9.11. The summed E-state index contributed by atoms with van der Waals surface area (Å²) in [6, 6.07) is 2.04. The molecule has 0 radical (unpaired) electrons. The van der Waals surface area contributed by atoms with Crippen molar-refractivity contribution in [3.8, 4) is 0 Å². The number of hydrogen-bond donors (Lipinski definition) is 1. The van der Waals surface area contributed by atoms with E-state index in [0.29, 0.717) is 0 Å². The van der Waals surface area contributed by atoms with E-state index in [1.54, 1.807) is 0 Å². The molecule has 64 valence electrons. The smallest absolute Gasteiger partial charge is 0.0494 e. The first kappa shape index (κ1) is 8.57. The molecule has 0 amide bonds. The van der Waals surface area contributed by atoms with E-state index in [1.807, 2.05) is 6.07 Å². The van der Waals surface area contributed by atoms with Crippen molar-refractivity contribution in [2.75, 3.05) is 5.73 Å². The number of anilines is 1. The summed E-state index contributed by atoms with van der Waals surface area (Å²) in [5, 5.41) is 0. The number of hydrogen-bond acceptors (Lipinski definition) is 1. The minimum atomic E-state index is 0.922. The monoisotopic (exact) mass is 289 g/mol. The third-order valence-corrected chi connectivity index (χ3v) is 3.71. The highest BCUT2D eigenvalue weighted by atomic mass is 79.9. The van der Waals surface area contributed by atoms with Crippen LogP contribution in [0, 0.1) is 0 Å². The summed E-state index contributed by atoms with van der Waals surface area (Å²) in [6.45, 7) is 0. The molecule has 1 aromatic carbocycles. The molecule has 0 saturated heterocycles. The Bertz CT molecular complexity index is 334. The van der Waals surface area contributed by atoms with E-state index >= 15 is 0 Å². The Morgan fingerprint density at radius 1 is 1.08 bits per heavy atom. The van der Waals surface area contributed by atoms with Crippen LogP contribution in [0.15, 0.2) is 15.0 Å². The fourth-order valence-electron chi connectivity index (χ4n) is 1.72. The molecule has 0 saturated carbocycles. The molecule has 0 fully saturated rings. The Balaban J connectivity index is 2.69. The first-order chi connectivity index (χ1) is 5.70. The van der Waals surface area contributed by atoms with Gasteiger partial charge in [0.2, 0.25) is 0 Å². The Labute approximate surface area is 88.6 Å². The van der Waals surface area contributed by atoms with Crippen molar-refractivity contribution in [2.45, 2.75) is 19.3 Å². The van der Waals surface area contributed by atoms with Crippen molar-refractivity contribution >= 4 is 37.5 Å². The van der Waals surface area contributed by atoms with Crippen LogP contribution in [0.2, 0.25) is 0 Å². The van der Waals surface area contributed by atoms with Gasteiger partial charge in [-0.15, -0.1) is 0 Å². The molecule has 1 nitrogen and oxygen atoms in total. The third-order valence-electron chi connectivity index (χ3n) is 2.34. The van der Waals surface area contributed by atoms with Gasteiger partial charge >= 0.3 is 0 Å². The molecule has 1 aliphatic rings. The van der Waals surface area contributed by atoms with E-state index in [0.717, 1.165) is 23.0 Å². The fourth-order valence-corrected chi connectivity index (χ4v) is 3.17. The second-order valence-corrected chi connectivity index (χ2v) is 4.77. The van der Waals surface area contributed by atoms with Gasteiger partial charge in [0.05, 0.1) is 0 Å². The van der Waals surface area contributed by atoms with Gasteiger partial charge in [0.1, 0.15) is 0 Å². The molecule has 0 aliphatic heterocycles. The summed E-state index contributed by atoms with van der Waals surface area (Å²) >= 11 is 6.99. The van der Waals surface area contributed by atoms with Crippen molar-refractivity contribution in [3.05, 3.63) is 26.1 Å². The lowest BCUT2D eigenvalue weighted by atomic mass is 10.1. The lowest BCUT2D eigenvalue weighted by Crippen LogP contribution is -1.95. The maximum Gasteiger partial charge on any atom is 0.0494 e. The van der Waals surface area contributed by atoms with Gasteiger partial charge < -0.3 is 5.73 Å². The van der Waals surface area contributed by atoms with Crippen molar-refractivity contribution in [2.24, 2.45) is 0 Å². The van der Waals surface area contributed by atoms with Crippen LogP contribution in [0.5, 0.6) is 0 Å². The van der Waals surface area contributed by atoms with Crippen LogP contribution >= 0.6 is 31.9 Å². The van der Waals surface area contributed by atoms with Crippen molar-refractivity contribution in [3.63, 3.8) is 0 Å². The number of nitrogens with two attached hydrogens (primary N) is 1. The van der Waals surface area contributed by atoms with E-state index in [-0.39, 0.29) is 0 Å². The van der Waals surface area contributed by atoms with Gasteiger partial charge in [-0.3, -0.25) is 0 Å². The minimum Gasteiger partial charge on any atom is -0.398 e. The lowest BCUT2D eigenvalue weighted by molar-refractivity contribution is 0.911. The Kier molecular flexibility index (Phi) is 2.17. The summed E-state index contributed by atoms with van der Waals surface area (Å²) in [6.07, 6.45) is 3.52. The molecule has 3 heteroatoms. The van der Waals surface area contributed by atoms with Gasteiger partial charge in [-0.25, -0.2) is 0 Å². The largest absolute Gasteiger partial charge is 0.398 e. The maximum atomic E-state index is 5.94. The van der Waals surface area contributed by atoms with Gasteiger partial charge in [-0.05, 0) is 52.4 Å². The van der Waals surface area contributed by atoms with Crippen molar-refractivity contribution in [1.29, 1.82) is 0 Å². The maximum absolute atomic E-state index is 5.94. The number of benzene rings is 1. The average molecular weight is 291 g/mol. The zero-order chi connectivity index (χ0) is 8.72. The molecule has 0 unspecified atom stereocenters. The molecule has 0 bridgehead atoms. The predicted molar refractivity (Wildman–Crippen MR) is 58.3 cm³/mol. The Hall–Kier alpha value is -0.0200. The van der Waals surface area contributed by atoms with Crippen LogP contribution in [-0.4, -0.2) is 0 Å². The van der Waals surface area contributed by atoms with E-state index in [2.05, 4.69) is 31.9 Å². The van der Waals surface area contributed by atoms with Gasteiger partial charge in [-0.2, -0.15) is 0 Å². The van der Waals surface area contributed by atoms with Crippen LogP contribution in [0.1, 0.15) is 17.5 Å². The molecule has 2 N–H and O–H groups in total. The molecule has 2 rings (SSSR count). The standard InChI is InChI=1S/C9H9Br2N/c10-7-4-8(11)9(12)6-3-1-2-5(6)7/h4H,1-3,12H2. The molecule has 1 aliphatic carbocycles. The number of halogens is 2. The predicted octanol–water partition coefficient (Wildman–Crippen LogP) is 3.28. The molecule has 0 aromatic heterocycles. The topological polar surface area (TPSA) is 26.0 Å². The van der Waals surface area contributed by atoms with E-state index < -0.39 is 0 Å². The zero-order valence-electron chi connectivity index (χ0n) is 6.53. The number of nitrogen functional groups attached to an aromatic ring is 1. The molecular formula is C9H9Br2N. The van der Waals surface area contributed by atoms with Crippen LogP contribution in [-0.2, 0) is 12.8 Å². The Morgan fingerprint density at radius 3 is 2.50 bits per heavy atom. The number of fused-ring (bicyclic) bond motifs is 1. The van der Waals surface area contributed by atoms with Gasteiger partial charge in [0.25, 0.3) is 0 Å². The second-order valence-electron chi connectivity index (χ2n) is 3.06. The first-order valence-corrected chi connectivity index (χ1v) is 5.54. The van der Waals surface area contributed by atoms with Crippen LogP contribution in [0.25, 0.3) is 0 Å². The quantitative estimate of drug-likeness (QED) is 0.729. The summed E-state index contributed by atoms with van der Waals surface area (Å²) in [5.74, 6) is 0. The van der Waals surface area contributed by atoms with E-state index in [9.17, 15) is 0 Å². The molecule has 0 heterocycles. The van der Waals surface area contributed by atoms with Gasteiger partial charge in [-0.1, -0.05) is 15.9 Å². The average Bonchev–Trinajstić information content (AvgIpc) is 2.48. The Morgan fingerprint density at radius 2 is 1.75 bits per heavy atom. The van der Waals surface area contributed by atoms with E-state index in [4.69, 9.17) is 5.73 Å². The highest BCUT2D eigenvalue weighted by Gasteiger charge is 2.18. The molecule has 0 spiro atoms. The molecule has 12 heavy (non-hydrogen) atoms. The van der Waals surface area contributed by atoms with Gasteiger partial charge in [0.15, 0.2) is 0 Å². The summed E-state index contributed by atoms with van der Waals surface area (Å²) in [7, 11) is 0. The van der Waals surface area contributed by atoms with Crippen LogP contribution in [0.4, 0.5) is 5.69 Å². The van der Waals surface area contributed by atoms with Crippen LogP contribution in [0.3, 0.4) is 0 Å². The highest BCUT2D eigenvalue weighted by Crippen LogP contribution is 2.37. The first-order valence-electron chi connectivity index (χ1n) is 3.95. The van der Waals surface area contributed by atoms with E-state index in [1.165, 1.54) is 22.0 Å². The molecule has 0 atom stereocenters. The van der Waals surface area contributed by atoms with Crippen molar-refractivity contribution in [1.82, 2.24) is 0 Å². The van der Waals surface area contributed by atoms with Crippen LogP contribution < -0.4 is 5.73 Å². The minimum absolute atomic E-state index is 0.922. The zero-order valence-corrected chi connectivity index (χ0v) is 9.70.